The van der Waals surface area contributed by atoms with Crippen molar-refractivity contribution in [1.82, 2.24) is 15.1 Å². The molecule has 16 heteroatoms. The number of hydrogen-bond acceptors (Lipinski definition) is 5. The number of hydrogen-bond donors (Lipinski definition) is 2. The fraction of sp³-hybridized carbons (Fsp3) is 0.208. The number of sulfonamides is 1. The lowest BCUT2D eigenvalue weighted by Gasteiger charge is -2.22. The molecule has 2 N–H and O–H groups in total. The maximum atomic E-state index is 13.9. The average Bonchev–Trinajstić information content (AvgIpc) is 3.12. The van der Waals surface area contributed by atoms with Gasteiger partial charge >= 0.3 is 12.1 Å². The molecule has 40 heavy (non-hydrogen) atoms. The number of carbonyl (C=O) groups excluding carboxylic acids is 1. The molecule has 2 aromatic heterocycles. The lowest BCUT2D eigenvalue weighted by Crippen LogP contribution is -2.45. The zero-order valence-electron chi connectivity index (χ0n) is 20.6. The molecule has 4 aromatic rings. The molecular weight excluding hydrogens is 585 g/mol. The third-order valence-electron chi connectivity index (χ3n) is 5.76. The van der Waals surface area contributed by atoms with E-state index in [0.717, 1.165) is 24.6 Å². The van der Waals surface area contributed by atoms with Gasteiger partial charge in [-0.15, -0.1) is 0 Å². The molecule has 1 unspecified atom stereocenters. The van der Waals surface area contributed by atoms with Crippen molar-refractivity contribution in [2.24, 2.45) is 7.05 Å². The van der Waals surface area contributed by atoms with Gasteiger partial charge in [0, 0.05) is 31.2 Å². The van der Waals surface area contributed by atoms with Gasteiger partial charge in [-0.1, -0.05) is 17.7 Å². The minimum Gasteiger partial charge on any atom is -0.618 e. The van der Waals surface area contributed by atoms with Crippen molar-refractivity contribution in [2.45, 2.75) is 18.6 Å². The fourth-order valence-corrected chi connectivity index (χ4v) is 5.07. The van der Waals surface area contributed by atoms with Crippen LogP contribution in [0, 0.1) is 16.8 Å². The van der Waals surface area contributed by atoms with Crippen LogP contribution < -0.4 is 14.8 Å². The molecule has 1 amide bonds. The Bertz CT molecular complexity index is 1720. The van der Waals surface area contributed by atoms with Crippen molar-refractivity contribution >= 4 is 44.3 Å². The Morgan fingerprint density at radius 3 is 2.40 bits per heavy atom. The van der Waals surface area contributed by atoms with E-state index in [1.807, 2.05) is 0 Å². The van der Waals surface area contributed by atoms with Gasteiger partial charge in [-0.2, -0.15) is 23.0 Å². The first-order chi connectivity index (χ1) is 18.5. The Morgan fingerprint density at radius 1 is 1.15 bits per heavy atom. The molecule has 0 fully saturated rings. The van der Waals surface area contributed by atoms with E-state index in [9.17, 15) is 40.4 Å². The maximum absolute atomic E-state index is 13.9. The molecular formula is C24H19ClF5N5O4S. The van der Waals surface area contributed by atoms with E-state index < -0.39 is 51.9 Å². The first-order valence-corrected chi connectivity index (χ1v) is 13.5. The van der Waals surface area contributed by atoms with E-state index in [1.165, 1.54) is 36.0 Å². The standard InChI is InChI=1S/C24H19ClF5N5O4S/c1-34-21-16(5-6-17(25)19(21)22(32-34)33-40(2,38)39)15-4-3-7-35(37)20(15)18(31-23(36)24(28,29)30)10-12-8-13(26)11-14(27)9-12/h3-9,11,18H,10H2,1-2H3,(H,31,36)(H,32,33). The van der Waals surface area contributed by atoms with Crippen LogP contribution in [0.3, 0.4) is 0 Å². The van der Waals surface area contributed by atoms with Crippen LogP contribution in [0.25, 0.3) is 22.0 Å². The van der Waals surface area contributed by atoms with Crippen LogP contribution in [0.2, 0.25) is 5.02 Å². The SMILES string of the molecule is Cn1nc(NS(C)(=O)=O)c2c(Cl)ccc(-c3ccc[n+]([O-])c3C(Cc3cc(F)cc(F)c3)NC(=O)C(F)(F)F)c21. The number of carbonyl (C=O) groups is 1. The highest BCUT2D eigenvalue weighted by molar-refractivity contribution is 7.92. The number of amides is 1. The highest BCUT2D eigenvalue weighted by atomic mass is 35.5. The van der Waals surface area contributed by atoms with Gasteiger partial charge in [-0.25, -0.2) is 17.2 Å². The van der Waals surface area contributed by atoms with E-state index >= 15 is 0 Å². The van der Waals surface area contributed by atoms with E-state index in [0.29, 0.717) is 6.07 Å². The number of halogens is 6. The van der Waals surface area contributed by atoms with Crippen LogP contribution in [0.1, 0.15) is 17.3 Å². The zero-order chi connectivity index (χ0) is 29.6. The van der Waals surface area contributed by atoms with Gasteiger partial charge in [0.15, 0.2) is 12.0 Å². The number of rotatable bonds is 7. The monoisotopic (exact) mass is 603 g/mol. The molecule has 0 spiro atoms. The minimum absolute atomic E-state index is 0.0115. The number of fused-ring (bicyclic) bond motifs is 1. The summed E-state index contributed by atoms with van der Waals surface area (Å²) in [6.45, 7) is 0. The number of anilines is 1. The summed E-state index contributed by atoms with van der Waals surface area (Å²) in [5, 5.41) is 19.2. The van der Waals surface area contributed by atoms with E-state index in [2.05, 4.69) is 9.82 Å². The molecule has 4 rings (SSSR count). The lowest BCUT2D eigenvalue weighted by atomic mass is 9.94. The molecule has 0 aliphatic carbocycles. The molecule has 1 atom stereocenters. The number of nitrogens with one attached hydrogen (secondary N) is 2. The predicted molar refractivity (Wildman–Crippen MR) is 136 cm³/mol. The lowest BCUT2D eigenvalue weighted by molar-refractivity contribution is -0.615. The number of nitrogens with zero attached hydrogens (tertiary/aromatic N) is 3. The van der Waals surface area contributed by atoms with Gasteiger partial charge in [0.25, 0.3) is 0 Å². The van der Waals surface area contributed by atoms with Crippen molar-refractivity contribution < 1.29 is 39.9 Å². The Kier molecular flexibility index (Phi) is 7.64. The average molecular weight is 604 g/mol. The summed E-state index contributed by atoms with van der Waals surface area (Å²) >= 11 is 6.35. The largest absolute Gasteiger partial charge is 0.618 e. The second-order valence-electron chi connectivity index (χ2n) is 8.80. The Hall–Kier alpha value is -3.98. The third-order valence-corrected chi connectivity index (χ3v) is 6.64. The number of pyridine rings is 1. The number of aromatic nitrogens is 3. The quantitative estimate of drug-likeness (QED) is 0.187. The van der Waals surface area contributed by atoms with Crippen LogP contribution in [0.15, 0.2) is 48.7 Å². The summed E-state index contributed by atoms with van der Waals surface area (Å²) in [7, 11) is -2.35. The smallest absolute Gasteiger partial charge is 0.471 e. The van der Waals surface area contributed by atoms with Gasteiger partial charge in [0.1, 0.15) is 17.7 Å². The number of alkyl halides is 3. The van der Waals surface area contributed by atoms with Crippen LogP contribution in [-0.4, -0.2) is 36.5 Å². The van der Waals surface area contributed by atoms with Crippen molar-refractivity contribution in [3.63, 3.8) is 0 Å². The second kappa shape index (κ2) is 10.5. The van der Waals surface area contributed by atoms with Gasteiger partial charge < -0.3 is 10.5 Å². The normalized spacial score (nSPS) is 12.9. The van der Waals surface area contributed by atoms with E-state index in [-0.39, 0.29) is 43.2 Å². The molecule has 0 bridgehead atoms. The first kappa shape index (κ1) is 29.0. The molecule has 0 radical (unpaired) electrons. The summed E-state index contributed by atoms with van der Waals surface area (Å²) in [6.07, 6.45) is -4.07. The summed E-state index contributed by atoms with van der Waals surface area (Å²) < 4.78 is 95.0. The van der Waals surface area contributed by atoms with Gasteiger partial charge in [0.05, 0.1) is 27.7 Å². The second-order valence-corrected chi connectivity index (χ2v) is 11.0. The summed E-state index contributed by atoms with van der Waals surface area (Å²) in [5.74, 6) is -4.55. The van der Waals surface area contributed by atoms with Gasteiger partial charge in [-0.3, -0.25) is 14.2 Å². The highest BCUT2D eigenvalue weighted by Gasteiger charge is 2.41. The fourth-order valence-electron chi connectivity index (χ4n) is 4.33. The van der Waals surface area contributed by atoms with E-state index in [1.54, 1.807) is 5.32 Å². The molecule has 2 aromatic carbocycles. The highest BCUT2D eigenvalue weighted by Crippen LogP contribution is 2.39. The first-order valence-electron chi connectivity index (χ1n) is 11.2. The van der Waals surface area contributed by atoms with Crippen LogP contribution in [0.5, 0.6) is 0 Å². The van der Waals surface area contributed by atoms with Crippen molar-refractivity contribution in [3.05, 3.63) is 81.8 Å². The summed E-state index contributed by atoms with van der Waals surface area (Å²) in [6, 6.07) is 6.02. The molecule has 0 saturated carbocycles. The van der Waals surface area contributed by atoms with Crippen LogP contribution in [0.4, 0.5) is 27.8 Å². The third kappa shape index (κ3) is 6.09. The van der Waals surface area contributed by atoms with Gasteiger partial charge in [0.2, 0.25) is 15.7 Å². The molecule has 212 valence electrons. The summed E-state index contributed by atoms with van der Waals surface area (Å²) in [5.41, 5.74) is -0.137. The minimum atomic E-state index is -5.34. The predicted octanol–water partition coefficient (Wildman–Crippen LogP) is 4.14. The molecule has 0 aliphatic heterocycles. The van der Waals surface area contributed by atoms with Crippen LogP contribution in [-0.2, 0) is 28.3 Å². The maximum Gasteiger partial charge on any atom is 0.471 e. The van der Waals surface area contributed by atoms with Crippen molar-refractivity contribution in [3.8, 4) is 11.1 Å². The van der Waals surface area contributed by atoms with Gasteiger partial charge in [-0.05, 0) is 29.8 Å². The summed E-state index contributed by atoms with van der Waals surface area (Å²) in [4.78, 5) is 12.0. The Balaban J connectivity index is 1.96. The molecule has 9 nitrogen and oxygen atoms in total. The van der Waals surface area contributed by atoms with E-state index in [4.69, 9.17) is 11.6 Å². The Labute approximate surface area is 228 Å². The topological polar surface area (TPSA) is 120 Å². The van der Waals surface area contributed by atoms with Crippen molar-refractivity contribution in [1.29, 1.82) is 0 Å². The number of benzene rings is 2. The molecule has 2 heterocycles. The zero-order valence-corrected chi connectivity index (χ0v) is 22.1. The number of aryl methyl sites for hydroxylation is 1. The molecule has 0 saturated heterocycles. The van der Waals surface area contributed by atoms with Crippen molar-refractivity contribution in [2.75, 3.05) is 11.0 Å². The van der Waals surface area contributed by atoms with Crippen LogP contribution >= 0.6 is 11.6 Å². The Morgan fingerprint density at radius 2 is 1.80 bits per heavy atom. The molecule has 0 aliphatic rings.